The Hall–Kier alpha value is -1.99. The third-order valence-electron chi connectivity index (χ3n) is 3.39. The molecule has 0 aromatic heterocycles. The van der Waals surface area contributed by atoms with Crippen LogP contribution in [0.4, 0.5) is 21.0 Å². The molecule has 1 aromatic rings. The van der Waals surface area contributed by atoms with E-state index in [-0.39, 0.29) is 12.2 Å². The molecule has 0 aliphatic carbocycles. The summed E-state index contributed by atoms with van der Waals surface area (Å²) in [6, 6.07) is 6.68. The van der Waals surface area contributed by atoms with Crippen LogP contribution in [0.3, 0.4) is 0 Å². The number of anilines is 2. The summed E-state index contributed by atoms with van der Waals surface area (Å²) in [6.07, 6.45) is -2.57. The van der Waals surface area contributed by atoms with Crippen molar-refractivity contribution in [2.24, 2.45) is 0 Å². The number of rotatable bonds is 4. The molecule has 0 saturated heterocycles. The number of para-hydroxylation sites is 2. The summed E-state index contributed by atoms with van der Waals surface area (Å²) in [5.41, 5.74) is -0.923. The molecule has 0 fully saturated rings. The average molecular weight is 389 g/mol. The molecule has 0 spiro atoms. The Morgan fingerprint density at radius 2 is 1.40 bits per heavy atom. The third-order valence-corrected chi connectivity index (χ3v) is 3.56. The Labute approximate surface area is 155 Å². The van der Waals surface area contributed by atoms with Gasteiger partial charge in [-0.15, -0.1) is 0 Å². The number of amides is 2. The van der Waals surface area contributed by atoms with Crippen LogP contribution < -0.4 is 9.80 Å². The summed E-state index contributed by atoms with van der Waals surface area (Å²) in [7, 11) is 0. The van der Waals surface area contributed by atoms with Crippen LogP contribution in [0.5, 0.6) is 0 Å². The predicted octanol–water partition coefficient (Wildman–Crippen LogP) is 4.06. The second kappa shape index (κ2) is 7.93. The molecule has 1 aliphatic rings. The third kappa shape index (κ3) is 4.35. The summed E-state index contributed by atoms with van der Waals surface area (Å²) in [5, 5.41) is 0. The Bertz CT molecular complexity index is 631. The number of alkyl halides is 2. The molecule has 0 bridgehead atoms. The van der Waals surface area contributed by atoms with Crippen molar-refractivity contribution in [3.05, 3.63) is 24.3 Å². The lowest BCUT2D eigenvalue weighted by molar-refractivity contribution is -0.117. The first-order valence-electron chi connectivity index (χ1n) is 7.58. The number of fused-ring (bicyclic) bond motifs is 1. The minimum absolute atomic E-state index is 0.105. The van der Waals surface area contributed by atoms with Crippen LogP contribution in [-0.4, -0.2) is 35.3 Å². The Balaban J connectivity index is 2.48. The number of hydrogen-bond donors (Lipinski definition) is 0. The maximum absolute atomic E-state index is 12.5. The lowest BCUT2D eigenvalue weighted by Gasteiger charge is -2.29. The second-order valence-electron chi connectivity index (χ2n) is 5.47. The zero-order valence-corrected chi connectivity index (χ0v) is 15.5. The van der Waals surface area contributed by atoms with Crippen molar-refractivity contribution in [1.29, 1.82) is 0 Å². The van der Waals surface area contributed by atoms with Crippen LogP contribution in [0.25, 0.3) is 0 Å². The predicted molar refractivity (Wildman–Crippen MR) is 94.1 cm³/mol. The van der Waals surface area contributed by atoms with Gasteiger partial charge in [0.1, 0.15) is 11.9 Å². The van der Waals surface area contributed by atoms with E-state index in [1.54, 1.807) is 24.3 Å². The standard InChI is InChI=1S/C16H18Cl2N2O5/c1-9(21)8-14-19(15(22)24-10(2)17)12-6-4-5-7-13(12)20(14)16(23)25-11(3)18/h4-7,10-11,14H,8H2,1-3H3. The minimum atomic E-state index is -0.930. The number of halogens is 2. The van der Waals surface area contributed by atoms with Gasteiger partial charge in [-0.25, -0.2) is 9.59 Å². The van der Waals surface area contributed by atoms with Gasteiger partial charge in [0, 0.05) is 6.42 Å². The van der Waals surface area contributed by atoms with Gasteiger partial charge in [0.05, 0.1) is 11.4 Å². The molecular weight excluding hydrogens is 371 g/mol. The minimum Gasteiger partial charge on any atom is -0.430 e. The quantitative estimate of drug-likeness (QED) is 0.726. The monoisotopic (exact) mass is 388 g/mol. The molecule has 2 atom stereocenters. The van der Waals surface area contributed by atoms with Crippen molar-refractivity contribution in [2.75, 3.05) is 9.80 Å². The fourth-order valence-electron chi connectivity index (χ4n) is 2.58. The highest BCUT2D eigenvalue weighted by atomic mass is 35.5. The van der Waals surface area contributed by atoms with Crippen molar-refractivity contribution in [2.45, 2.75) is 44.5 Å². The molecular formula is C16H18Cl2N2O5. The van der Waals surface area contributed by atoms with E-state index in [9.17, 15) is 14.4 Å². The average Bonchev–Trinajstić information content (AvgIpc) is 2.78. The fraction of sp³-hybridized carbons (Fsp3) is 0.438. The molecule has 2 rings (SSSR count). The van der Waals surface area contributed by atoms with Gasteiger partial charge in [0.2, 0.25) is 0 Å². The van der Waals surface area contributed by atoms with Crippen molar-refractivity contribution >= 4 is 52.5 Å². The molecule has 136 valence electrons. The molecule has 1 aromatic carbocycles. The molecule has 0 N–H and O–H groups in total. The first-order valence-corrected chi connectivity index (χ1v) is 8.46. The van der Waals surface area contributed by atoms with Crippen LogP contribution in [0.1, 0.15) is 27.2 Å². The summed E-state index contributed by atoms with van der Waals surface area (Å²) in [6.45, 7) is 4.34. The number of ether oxygens (including phenoxy) is 2. The highest BCUT2D eigenvalue weighted by Gasteiger charge is 2.45. The molecule has 9 heteroatoms. The number of ketones is 1. The molecule has 2 unspecified atom stereocenters. The van der Waals surface area contributed by atoms with Crippen LogP contribution in [0, 0.1) is 0 Å². The van der Waals surface area contributed by atoms with Gasteiger partial charge in [0.25, 0.3) is 0 Å². The van der Waals surface area contributed by atoms with Crippen LogP contribution in [0.2, 0.25) is 0 Å². The van der Waals surface area contributed by atoms with Crippen molar-refractivity contribution < 1.29 is 23.9 Å². The van der Waals surface area contributed by atoms with Crippen LogP contribution in [0.15, 0.2) is 24.3 Å². The maximum atomic E-state index is 12.5. The van der Waals surface area contributed by atoms with E-state index in [1.165, 1.54) is 30.6 Å². The van der Waals surface area contributed by atoms with E-state index in [1.807, 2.05) is 0 Å². The highest BCUT2D eigenvalue weighted by molar-refractivity contribution is 6.20. The van der Waals surface area contributed by atoms with Gasteiger partial charge >= 0.3 is 12.2 Å². The lowest BCUT2D eigenvalue weighted by Crippen LogP contribution is -2.50. The topological polar surface area (TPSA) is 76.2 Å². The van der Waals surface area contributed by atoms with Gasteiger partial charge < -0.3 is 9.47 Å². The molecule has 25 heavy (non-hydrogen) atoms. The Kier molecular flexibility index (Phi) is 6.13. The number of hydrogen-bond acceptors (Lipinski definition) is 5. The van der Waals surface area contributed by atoms with Gasteiger partial charge in [-0.3, -0.25) is 14.6 Å². The van der Waals surface area contributed by atoms with E-state index in [0.717, 1.165) is 0 Å². The molecule has 7 nitrogen and oxygen atoms in total. The normalized spacial score (nSPS) is 18.4. The molecule has 0 radical (unpaired) electrons. The van der Waals surface area contributed by atoms with E-state index < -0.39 is 29.5 Å². The van der Waals surface area contributed by atoms with Crippen molar-refractivity contribution in [1.82, 2.24) is 0 Å². The van der Waals surface area contributed by atoms with Gasteiger partial charge in [0.15, 0.2) is 11.1 Å². The number of Topliss-reactive ketones (excluding diaryl/α,β-unsaturated/α-hetero) is 1. The van der Waals surface area contributed by atoms with E-state index >= 15 is 0 Å². The number of nitrogens with zero attached hydrogens (tertiary/aromatic N) is 2. The second-order valence-corrected chi connectivity index (χ2v) is 6.70. The molecule has 1 heterocycles. The number of carbonyl (C=O) groups is 3. The highest BCUT2D eigenvalue weighted by Crippen LogP contribution is 2.41. The van der Waals surface area contributed by atoms with Crippen molar-refractivity contribution in [3.63, 3.8) is 0 Å². The fourth-order valence-corrected chi connectivity index (χ4v) is 2.73. The van der Waals surface area contributed by atoms with E-state index in [4.69, 9.17) is 32.7 Å². The summed E-state index contributed by atoms with van der Waals surface area (Å²) in [5.74, 6) is -0.216. The maximum Gasteiger partial charge on any atom is 0.417 e. The number of carbonyl (C=O) groups excluding carboxylic acids is 3. The Morgan fingerprint density at radius 1 is 1.00 bits per heavy atom. The smallest absolute Gasteiger partial charge is 0.417 e. The van der Waals surface area contributed by atoms with E-state index in [2.05, 4.69) is 0 Å². The van der Waals surface area contributed by atoms with Crippen LogP contribution in [-0.2, 0) is 14.3 Å². The van der Waals surface area contributed by atoms with Gasteiger partial charge in [-0.05, 0) is 32.9 Å². The zero-order valence-electron chi connectivity index (χ0n) is 13.9. The molecule has 2 amide bonds. The van der Waals surface area contributed by atoms with Gasteiger partial charge in [-0.2, -0.15) is 0 Å². The zero-order chi connectivity index (χ0) is 18.7. The van der Waals surface area contributed by atoms with Gasteiger partial charge in [-0.1, -0.05) is 35.3 Å². The SMILES string of the molecule is CC(=O)CC1N(C(=O)OC(C)Cl)c2ccccc2N1C(=O)OC(C)Cl. The molecule has 1 aliphatic heterocycles. The van der Waals surface area contributed by atoms with E-state index in [0.29, 0.717) is 11.4 Å². The first-order chi connectivity index (χ1) is 11.7. The Morgan fingerprint density at radius 3 is 1.72 bits per heavy atom. The van der Waals surface area contributed by atoms with Crippen molar-refractivity contribution in [3.8, 4) is 0 Å². The molecule has 0 saturated carbocycles. The summed E-state index contributed by atoms with van der Waals surface area (Å²) < 4.78 is 10.1. The summed E-state index contributed by atoms with van der Waals surface area (Å²) >= 11 is 11.5. The van der Waals surface area contributed by atoms with Crippen LogP contribution >= 0.6 is 23.2 Å². The largest absolute Gasteiger partial charge is 0.430 e. The first kappa shape index (κ1) is 19.3. The summed E-state index contributed by atoms with van der Waals surface area (Å²) in [4.78, 5) is 39.2. The number of benzene rings is 1. The lowest BCUT2D eigenvalue weighted by atomic mass is 10.2.